The molecule has 156 valence electrons. The average Bonchev–Trinajstić information content (AvgIpc) is 3.38. The van der Waals surface area contributed by atoms with Crippen LogP contribution in [0.3, 0.4) is 0 Å². The smallest absolute Gasteiger partial charge is 0.331 e. The van der Waals surface area contributed by atoms with Crippen LogP contribution in [-0.2, 0) is 16.1 Å². The van der Waals surface area contributed by atoms with E-state index in [-0.39, 0.29) is 18.4 Å². The van der Waals surface area contributed by atoms with Crippen molar-refractivity contribution in [2.75, 3.05) is 0 Å². The molecule has 2 aromatic heterocycles. The third-order valence-corrected chi connectivity index (χ3v) is 4.85. The van der Waals surface area contributed by atoms with Gasteiger partial charge in [0.2, 0.25) is 0 Å². The first kappa shape index (κ1) is 20.8. The van der Waals surface area contributed by atoms with E-state index in [0.717, 1.165) is 5.56 Å². The van der Waals surface area contributed by atoms with Gasteiger partial charge in [0, 0.05) is 21.7 Å². The Hall–Kier alpha value is -3.42. The minimum atomic E-state index is -0.586. The zero-order valence-electron chi connectivity index (χ0n) is 16.2. The number of esters is 1. The summed E-state index contributed by atoms with van der Waals surface area (Å²) < 4.78 is 16.1. The first-order valence-electron chi connectivity index (χ1n) is 9.15. The third-order valence-electron chi connectivity index (χ3n) is 4.29. The largest absolute Gasteiger partial charge is 0.452 e. The summed E-state index contributed by atoms with van der Waals surface area (Å²) in [5.74, 6) is 0.318. The number of aromatic nitrogens is 3. The molecule has 2 aromatic carbocycles. The van der Waals surface area contributed by atoms with Crippen LogP contribution in [0.2, 0.25) is 10.0 Å². The normalized spacial score (nSPS) is 11.2. The number of carbonyl (C=O) groups excluding carboxylic acids is 1. The Morgan fingerprint density at radius 3 is 2.71 bits per heavy atom. The first-order chi connectivity index (χ1) is 15.0. The van der Waals surface area contributed by atoms with Crippen LogP contribution in [0.1, 0.15) is 17.2 Å². The molecule has 0 amide bonds. The summed E-state index contributed by atoms with van der Waals surface area (Å²) in [6.07, 6.45) is 2.79. The number of ether oxygens (including phenoxy) is 1. The summed E-state index contributed by atoms with van der Waals surface area (Å²) in [6, 6.07) is 14.5. The Morgan fingerprint density at radius 1 is 1.13 bits per heavy atom. The fourth-order valence-corrected chi connectivity index (χ4v) is 3.28. The van der Waals surface area contributed by atoms with Crippen LogP contribution in [0, 0.1) is 6.92 Å². The highest BCUT2D eigenvalue weighted by Crippen LogP contribution is 2.33. The molecule has 0 atom stereocenters. The zero-order chi connectivity index (χ0) is 21.8. The topological polar surface area (TPSA) is 91.3 Å². The maximum atomic E-state index is 12.0. The van der Waals surface area contributed by atoms with Crippen molar-refractivity contribution in [1.29, 1.82) is 0 Å². The molecule has 0 aliphatic rings. The molecule has 0 unspecified atom stereocenters. The molecule has 0 saturated heterocycles. The minimum Gasteiger partial charge on any atom is -0.452 e. The molecular formula is C22H15Cl2N3O4. The van der Waals surface area contributed by atoms with Crippen LogP contribution in [0.25, 0.3) is 28.8 Å². The number of benzene rings is 2. The van der Waals surface area contributed by atoms with Gasteiger partial charge in [-0.15, -0.1) is 10.2 Å². The molecule has 0 bridgehead atoms. The van der Waals surface area contributed by atoms with Gasteiger partial charge in [-0.25, -0.2) is 4.79 Å². The SMILES string of the molecule is Cc1onc(-c2ccccc2)c1-c1nnc(COC(=O)/C=C/c2ccc(Cl)cc2Cl)o1. The lowest BCUT2D eigenvalue weighted by Gasteiger charge is -2.00. The van der Waals surface area contributed by atoms with Gasteiger partial charge in [-0.2, -0.15) is 0 Å². The highest BCUT2D eigenvalue weighted by molar-refractivity contribution is 6.35. The molecule has 0 radical (unpaired) electrons. The standard InChI is InChI=1S/C22H15Cl2N3O4/c1-13-20(21(27-31-13)15-5-3-2-4-6-15)22-26-25-18(30-22)12-29-19(28)10-8-14-7-9-16(23)11-17(14)24/h2-11H,12H2,1H3/b10-8+. The van der Waals surface area contributed by atoms with Gasteiger partial charge in [0.05, 0.1) is 0 Å². The number of carbonyl (C=O) groups is 1. The van der Waals surface area contributed by atoms with E-state index in [1.165, 1.54) is 12.2 Å². The van der Waals surface area contributed by atoms with Crippen LogP contribution in [0.4, 0.5) is 0 Å². The molecule has 7 nitrogen and oxygen atoms in total. The summed E-state index contributed by atoms with van der Waals surface area (Å²) >= 11 is 11.9. The molecule has 2 heterocycles. The van der Waals surface area contributed by atoms with E-state index in [1.807, 2.05) is 30.3 Å². The number of halogens is 2. The van der Waals surface area contributed by atoms with E-state index in [0.29, 0.717) is 32.6 Å². The van der Waals surface area contributed by atoms with Crippen molar-refractivity contribution in [2.45, 2.75) is 13.5 Å². The van der Waals surface area contributed by atoms with Crippen molar-refractivity contribution >= 4 is 35.2 Å². The fourth-order valence-electron chi connectivity index (χ4n) is 2.81. The molecule has 31 heavy (non-hydrogen) atoms. The second-order valence-corrected chi connectivity index (χ2v) is 7.28. The van der Waals surface area contributed by atoms with Gasteiger partial charge in [0.15, 0.2) is 6.61 Å². The van der Waals surface area contributed by atoms with Crippen molar-refractivity contribution < 1.29 is 18.5 Å². The van der Waals surface area contributed by atoms with Gasteiger partial charge in [-0.3, -0.25) is 0 Å². The lowest BCUT2D eigenvalue weighted by atomic mass is 10.1. The molecule has 4 rings (SSSR count). The Bertz CT molecular complexity index is 1250. The summed E-state index contributed by atoms with van der Waals surface area (Å²) in [4.78, 5) is 12.0. The zero-order valence-corrected chi connectivity index (χ0v) is 17.7. The van der Waals surface area contributed by atoms with E-state index in [9.17, 15) is 4.79 Å². The molecule has 9 heteroatoms. The van der Waals surface area contributed by atoms with Gasteiger partial charge >= 0.3 is 5.97 Å². The van der Waals surface area contributed by atoms with Gasteiger partial charge in [-0.05, 0) is 30.7 Å². The number of nitrogens with zero attached hydrogens (tertiary/aromatic N) is 3. The number of aryl methyl sites for hydroxylation is 1. The van der Waals surface area contributed by atoms with Gasteiger partial charge in [0.1, 0.15) is 17.0 Å². The highest BCUT2D eigenvalue weighted by atomic mass is 35.5. The van der Waals surface area contributed by atoms with Crippen molar-refractivity contribution in [3.05, 3.63) is 81.9 Å². The maximum absolute atomic E-state index is 12.0. The number of rotatable bonds is 6. The first-order valence-corrected chi connectivity index (χ1v) is 9.91. The van der Waals surface area contributed by atoms with E-state index < -0.39 is 5.97 Å². The fraction of sp³-hybridized carbons (Fsp3) is 0.0909. The van der Waals surface area contributed by atoms with Crippen LogP contribution in [0.15, 0.2) is 63.5 Å². The van der Waals surface area contributed by atoms with Crippen molar-refractivity contribution in [3.63, 3.8) is 0 Å². The Morgan fingerprint density at radius 2 is 1.94 bits per heavy atom. The van der Waals surface area contributed by atoms with Crippen molar-refractivity contribution in [3.8, 4) is 22.7 Å². The molecule has 0 fully saturated rings. The van der Waals surface area contributed by atoms with Crippen LogP contribution in [-0.4, -0.2) is 21.3 Å². The second-order valence-electron chi connectivity index (χ2n) is 6.44. The quantitative estimate of drug-likeness (QED) is 0.269. The van der Waals surface area contributed by atoms with Crippen molar-refractivity contribution in [1.82, 2.24) is 15.4 Å². The van der Waals surface area contributed by atoms with Gasteiger partial charge in [-0.1, -0.05) is 64.8 Å². The van der Waals surface area contributed by atoms with Gasteiger partial charge in [0.25, 0.3) is 11.8 Å². The van der Waals surface area contributed by atoms with Crippen LogP contribution in [0.5, 0.6) is 0 Å². The second kappa shape index (κ2) is 9.16. The monoisotopic (exact) mass is 455 g/mol. The average molecular weight is 456 g/mol. The summed E-state index contributed by atoms with van der Waals surface area (Å²) in [7, 11) is 0. The molecule has 0 spiro atoms. The highest BCUT2D eigenvalue weighted by Gasteiger charge is 2.22. The van der Waals surface area contributed by atoms with Gasteiger partial charge < -0.3 is 13.7 Å². The molecule has 0 aliphatic carbocycles. The van der Waals surface area contributed by atoms with Crippen LogP contribution >= 0.6 is 23.2 Å². The molecule has 0 saturated carbocycles. The minimum absolute atomic E-state index is 0.140. The van der Waals surface area contributed by atoms with E-state index in [4.69, 9.17) is 36.9 Å². The van der Waals surface area contributed by atoms with E-state index in [1.54, 1.807) is 25.1 Å². The Kier molecular flexibility index (Phi) is 6.16. The molecule has 4 aromatic rings. The lowest BCUT2D eigenvalue weighted by molar-refractivity contribution is -0.139. The Labute approximate surface area is 187 Å². The molecule has 0 N–H and O–H groups in total. The summed E-state index contributed by atoms with van der Waals surface area (Å²) in [5, 5.41) is 13.0. The van der Waals surface area contributed by atoms with Crippen molar-refractivity contribution in [2.24, 2.45) is 0 Å². The molecular weight excluding hydrogens is 441 g/mol. The summed E-state index contributed by atoms with van der Waals surface area (Å²) in [6.45, 7) is 1.57. The predicted molar refractivity (Wildman–Crippen MR) is 115 cm³/mol. The maximum Gasteiger partial charge on any atom is 0.331 e. The summed E-state index contributed by atoms with van der Waals surface area (Å²) in [5.41, 5.74) is 2.67. The molecule has 0 aliphatic heterocycles. The number of hydrogen-bond acceptors (Lipinski definition) is 7. The predicted octanol–water partition coefficient (Wildman–Crippen LogP) is 5.76. The Balaban J connectivity index is 1.44. The third kappa shape index (κ3) is 4.84. The van der Waals surface area contributed by atoms with E-state index >= 15 is 0 Å². The number of hydrogen-bond donors (Lipinski definition) is 0. The van der Waals surface area contributed by atoms with Crippen LogP contribution < -0.4 is 0 Å². The van der Waals surface area contributed by atoms with E-state index in [2.05, 4.69) is 15.4 Å². The lowest BCUT2D eigenvalue weighted by Crippen LogP contribution is -2.01.